The number of halogens is 2. The molecule has 0 atom stereocenters. The molecule has 2 rings (SSSR count). The van der Waals surface area contributed by atoms with Gasteiger partial charge in [-0.2, -0.15) is 0 Å². The lowest BCUT2D eigenvalue weighted by atomic mass is 10.1. The monoisotopic (exact) mass is 209 g/mol. The number of aromatic amines is 1. The molecular weight excluding hydrogens is 200 g/mol. The molecule has 0 bridgehead atoms. The predicted molar refractivity (Wildman–Crippen MR) is 54.3 cm³/mol. The molecule has 0 spiro atoms. The van der Waals surface area contributed by atoms with E-state index in [9.17, 15) is 13.6 Å². The van der Waals surface area contributed by atoms with Crippen LogP contribution in [0.1, 0.15) is 17.7 Å². The van der Waals surface area contributed by atoms with Crippen LogP contribution >= 0.6 is 0 Å². The first-order valence-electron chi connectivity index (χ1n) is 4.50. The molecule has 2 nitrogen and oxygen atoms in total. The molecule has 0 fully saturated rings. The fourth-order valence-corrected chi connectivity index (χ4v) is 1.56. The van der Waals surface area contributed by atoms with Crippen molar-refractivity contribution in [3.8, 4) is 0 Å². The maximum atomic E-state index is 12.4. The minimum absolute atomic E-state index is 0.332. The van der Waals surface area contributed by atoms with Crippen molar-refractivity contribution in [1.29, 1.82) is 0 Å². The number of hydrogen-bond donors (Lipinski definition) is 1. The van der Waals surface area contributed by atoms with Crippen molar-refractivity contribution in [2.75, 3.05) is 0 Å². The van der Waals surface area contributed by atoms with Crippen LogP contribution in [0.3, 0.4) is 0 Å². The van der Waals surface area contributed by atoms with Gasteiger partial charge >= 0.3 is 0 Å². The number of para-hydroxylation sites is 1. The van der Waals surface area contributed by atoms with Crippen LogP contribution in [0.5, 0.6) is 0 Å². The van der Waals surface area contributed by atoms with Gasteiger partial charge in [-0.1, -0.05) is 12.1 Å². The number of alkyl halides is 2. The van der Waals surface area contributed by atoms with E-state index < -0.39 is 6.43 Å². The third kappa shape index (κ3) is 1.63. The van der Waals surface area contributed by atoms with Gasteiger partial charge in [0.05, 0.1) is 11.2 Å². The van der Waals surface area contributed by atoms with Crippen LogP contribution in [-0.4, -0.2) is 4.98 Å². The minimum atomic E-state index is -2.65. The second-order valence-electron chi connectivity index (χ2n) is 3.39. The molecule has 0 unspecified atom stereocenters. The molecule has 1 heterocycles. The predicted octanol–water partition coefficient (Wildman–Crippen LogP) is 2.77. The normalized spacial score (nSPS) is 11.2. The van der Waals surface area contributed by atoms with Gasteiger partial charge in [0.2, 0.25) is 0 Å². The molecule has 15 heavy (non-hydrogen) atoms. The molecule has 4 heteroatoms. The summed E-state index contributed by atoms with van der Waals surface area (Å²) in [6.45, 7) is 1.77. The zero-order valence-electron chi connectivity index (χ0n) is 8.05. The molecule has 0 aliphatic rings. The van der Waals surface area contributed by atoms with Crippen LogP contribution in [-0.2, 0) is 0 Å². The summed E-state index contributed by atoms with van der Waals surface area (Å²) in [5, 5.41) is 0.444. The number of rotatable bonds is 1. The number of aromatic nitrogens is 1. The first-order chi connectivity index (χ1) is 7.09. The van der Waals surface area contributed by atoms with Gasteiger partial charge in [0.1, 0.15) is 0 Å². The highest BCUT2D eigenvalue weighted by Crippen LogP contribution is 2.19. The van der Waals surface area contributed by atoms with E-state index in [1.807, 2.05) is 0 Å². The fourth-order valence-electron chi connectivity index (χ4n) is 1.56. The number of aryl methyl sites for hydroxylation is 1. The molecule has 0 amide bonds. The molecule has 0 aliphatic heterocycles. The van der Waals surface area contributed by atoms with Gasteiger partial charge in [-0.05, 0) is 18.6 Å². The lowest BCUT2D eigenvalue weighted by Crippen LogP contribution is -2.06. The molecule has 0 aliphatic carbocycles. The number of nitrogens with one attached hydrogen (secondary N) is 1. The Morgan fingerprint density at radius 1 is 1.33 bits per heavy atom. The van der Waals surface area contributed by atoms with Crippen LogP contribution < -0.4 is 5.43 Å². The summed E-state index contributed by atoms with van der Waals surface area (Å²) in [7, 11) is 0. The van der Waals surface area contributed by atoms with Gasteiger partial charge in [0.15, 0.2) is 5.43 Å². The number of benzene rings is 1. The lowest BCUT2D eigenvalue weighted by Gasteiger charge is -2.05. The highest BCUT2D eigenvalue weighted by Gasteiger charge is 2.11. The summed E-state index contributed by atoms with van der Waals surface area (Å²) < 4.78 is 24.9. The van der Waals surface area contributed by atoms with Crippen LogP contribution in [0.2, 0.25) is 0 Å². The SMILES string of the molecule is Cc1cccc2c(=O)cc(C(F)F)[nH]c12. The molecular formula is C11H9F2NO. The molecule has 0 saturated heterocycles. The first-order valence-corrected chi connectivity index (χ1v) is 4.50. The second-order valence-corrected chi connectivity index (χ2v) is 3.39. The summed E-state index contributed by atoms with van der Waals surface area (Å²) in [6, 6.07) is 6.07. The van der Waals surface area contributed by atoms with E-state index >= 15 is 0 Å². The Labute approximate surface area is 84.6 Å². The van der Waals surface area contributed by atoms with Gasteiger partial charge in [0, 0.05) is 11.5 Å². The Hall–Kier alpha value is -1.71. The summed E-state index contributed by atoms with van der Waals surface area (Å²) in [5.74, 6) is 0. The van der Waals surface area contributed by atoms with Crippen LogP contribution in [0.4, 0.5) is 8.78 Å². The Morgan fingerprint density at radius 2 is 2.07 bits per heavy atom. The van der Waals surface area contributed by atoms with E-state index in [-0.39, 0.29) is 11.1 Å². The first kappa shape index (κ1) is 9.83. The lowest BCUT2D eigenvalue weighted by molar-refractivity contribution is 0.146. The summed E-state index contributed by atoms with van der Waals surface area (Å²) in [6.07, 6.45) is -2.65. The van der Waals surface area contributed by atoms with Crippen molar-refractivity contribution >= 4 is 10.9 Å². The smallest absolute Gasteiger partial charge is 0.278 e. The van der Waals surface area contributed by atoms with Crippen molar-refractivity contribution in [3.05, 3.63) is 45.7 Å². The highest BCUT2D eigenvalue weighted by atomic mass is 19.3. The topological polar surface area (TPSA) is 32.9 Å². The summed E-state index contributed by atoms with van der Waals surface area (Å²) >= 11 is 0. The van der Waals surface area contributed by atoms with Gasteiger partial charge < -0.3 is 4.98 Å². The molecule has 1 aromatic heterocycles. The quantitative estimate of drug-likeness (QED) is 0.769. The maximum Gasteiger partial charge on any atom is 0.278 e. The summed E-state index contributed by atoms with van der Waals surface area (Å²) in [5.41, 5.74) is 0.567. The Balaban J connectivity index is 2.86. The highest BCUT2D eigenvalue weighted by molar-refractivity contribution is 5.81. The van der Waals surface area contributed by atoms with Crippen LogP contribution in [0.15, 0.2) is 29.1 Å². The van der Waals surface area contributed by atoms with Gasteiger partial charge in [0.25, 0.3) is 6.43 Å². The van der Waals surface area contributed by atoms with Crippen molar-refractivity contribution in [1.82, 2.24) is 4.98 Å². The van der Waals surface area contributed by atoms with Crippen molar-refractivity contribution in [3.63, 3.8) is 0 Å². The van der Waals surface area contributed by atoms with E-state index in [2.05, 4.69) is 4.98 Å². The van der Waals surface area contributed by atoms with E-state index in [4.69, 9.17) is 0 Å². The van der Waals surface area contributed by atoms with Gasteiger partial charge in [-0.15, -0.1) is 0 Å². The van der Waals surface area contributed by atoms with Crippen LogP contribution in [0, 0.1) is 6.92 Å². The van der Waals surface area contributed by atoms with Gasteiger partial charge in [-0.25, -0.2) is 8.78 Å². The molecule has 1 N–H and O–H groups in total. The summed E-state index contributed by atoms with van der Waals surface area (Å²) in [4.78, 5) is 14.1. The van der Waals surface area contributed by atoms with Gasteiger partial charge in [-0.3, -0.25) is 4.79 Å². The second kappa shape index (κ2) is 3.46. The largest absolute Gasteiger partial charge is 0.353 e. The van der Waals surface area contributed by atoms with E-state index in [0.29, 0.717) is 10.9 Å². The fraction of sp³-hybridized carbons (Fsp3) is 0.182. The van der Waals surface area contributed by atoms with Crippen LogP contribution in [0.25, 0.3) is 10.9 Å². The average molecular weight is 209 g/mol. The maximum absolute atomic E-state index is 12.4. The van der Waals surface area contributed by atoms with Crippen molar-refractivity contribution < 1.29 is 8.78 Å². The number of hydrogen-bond acceptors (Lipinski definition) is 1. The molecule has 0 radical (unpaired) electrons. The number of pyridine rings is 1. The van der Waals surface area contributed by atoms with E-state index in [1.54, 1.807) is 25.1 Å². The van der Waals surface area contributed by atoms with Crippen molar-refractivity contribution in [2.45, 2.75) is 13.3 Å². The Kier molecular flexibility index (Phi) is 2.26. The molecule has 2 aromatic rings. The Bertz CT molecular complexity index is 560. The number of fused-ring (bicyclic) bond motifs is 1. The molecule has 0 saturated carbocycles. The molecule has 78 valence electrons. The Morgan fingerprint density at radius 3 is 2.73 bits per heavy atom. The average Bonchev–Trinajstić information content (AvgIpc) is 2.19. The molecule has 1 aromatic carbocycles. The van der Waals surface area contributed by atoms with Crippen molar-refractivity contribution in [2.24, 2.45) is 0 Å². The zero-order chi connectivity index (χ0) is 11.0. The van der Waals surface area contributed by atoms with E-state index in [0.717, 1.165) is 11.6 Å². The number of H-pyrrole nitrogens is 1. The third-order valence-electron chi connectivity index (χ3n) is 2.33. The minimum Gasteiger partial charge on any atom is -0.353 e. The standard InChI is InChI=1S/C11H9F2NO/c1-6-3-2-4-7-9(15)5-8(11(12)13)14-10(6)7/h2-5,11H,1H3,(H,14,15). The third-order valence-corrected chi connectivity index (χ3v) is 2.33. The zero-order valence-corrected chi connectivity index (χ0v) is 8.05. The van der Waals surface area contributed by atoms with E-state index in [1.165, 1.54) is 0 Å².